The lowest BCUT2D eigenvalue weighted by Gasteiger charge is -2.09. The van der Waals surface area contributed by atoms with Crippen LogP contribution in [0.25, 0.3) is 264 Å². The van der Waals surface area contributed by atoms with Crippen molar-refractivity contribution in [2.75, 3.05) is 0 Å². The molecule has 0 unspecified atom stereocenters. The molecule has 0 bridgehead atoms. The molecule has 9 aromatic heterocycles. The highest BCUT2D eigenvalue weighted by atomic mass is 16.3. The standard InChI is InChI=1S/3C42H26N2O/c1-3-11-29(12-4-1)43-36-17-9-7-15-31(36)34-25-27(19-22-37(34)43)28-20-23-38-35(26-28)41-39(44(38)30-13-5-2-6-14-30)24-21-33-32-16-8-10-18-40(32)45-42(33)41;1-3-11-29(12-4-1)43-37-17-9-7-15-31(37)33-23-27(19-21-38(33)43)28-20-22-39-34(24-28)35-26-42-36(32-16-8-10-18-41(32)45-42)25-40(35)44(39)30-13-5-2-6-14-30;1-3-11-29(12-4-1)43-35-17-9-7-15-31(35)33-25-27(19-21-36(33)43)28-20-22-37-34(26-28)41-38(44(37)30-13-5-2-6-14-30)23-24-40-42(41)32-16-8-10-18-39(32)45-40/h3*1-26H. The zero-order chi connectivity index (χ0) is 88.5. The highest BCUT2D eigenvalue weighted by Crippen LogP contribution is 2.49. The minimum absolute atomic E-state index is 0.913. The molecule has 0 radical (unpaired) electrons. The summed E-state index contributed by atoms with van der Waals surface area (Å²) in [5.74, 6) is 0. The summed E-state index contributed by atoms with van der Waals surface area (Å²) in [6.07, 6.45) is 0. The number of fused-ring (bicyclic) bond motifs is 29. The quantitative estimate of drug-likeness (QED) is 0.145. The van der Waals surface area contributed by atoms with Crippen molar-refractivity contribution in [3.63, 3.8) is 0 Å². The maximum absolute atomic E-state index is 6.60. The van der Waals surface area contributed by atoms with Gasteiger partial charge in [0.1, 0.15) is 33.5 Å². The zero-order valence-corrected chi connectivity index (χ0v) is 72.9. The Labute approximate surface area is 772 Å². The molecule has 135 heavy (non-hydrogen) atoms. The predicted octanol–water partition coefficient (Wildman–Crippen LogP) is 34.3. The average molecular weight is 1720 g/mol. The van der Waals surface area contributed by atoms with Crippen molar-refractivity contribution < 1.29 is 13.3 Å². The molecular formula is C126H78N6O3. The molecule has 630 valence electrons. The van der Waals surface area contributed by atoms with Gasteiger partial charge in [0.15, 0.2) is 0 Å². The second-order valence-corrected chi connectivity index (χ2v) is 35.3. The summed E-state index contributed by atoms with van der Waals surface area (Å²) < 4.78 is 33.5. The van der Waals surface area contributed by atoms with Crippen LogP contribution in [0.2, 0.25) is 0 Å². The van der Waals surface area contributed by atoms with Crippen molar-refractivity contribution in [1.29, 1.82) is 0 Å². The summed E-state index contributed by atoms with van der Waals surface area (Å²) in [7, 11) is 0. The highest BCUT2D eigenvalue weighted by molar-refractivity contribution is 6.29. The van der Waals surface area contributed by atoms with Gasteiger partial charge < -0.3 is 40.7 Å². The molecule has 9 heteroatoms. The normalized spacial score (nSPS) is 12.0. The lowest BCUT2D eigenvalue weighted by molar-refractivity contribution is 0.669. The van der Waals surface area contributed by atoms with E-state index in [4.69, 9.17) is 13.3 Å². The monoisotopic (exact) mass is 1720 g/mol. The van der Waals surface area contributed by atoms with Crippen LogP contribution in [0.1, 0.15) is 0 Å². The Balaban J connectivity index is 0.000000101. The van der Waals surface area contributed by atoms with E-state index in [0.29, 0.717) is 0 Å². The molecule has 0 saturated heterocycles. The molecule has 0 fully saturated rings. The van der Waals surface area contributed by atoms with Crippen molar-refractivity contribution in [3.8, 4) is 67.5 Å². The van der Waals surface area contributed by atoms with Crippen molar-refractivity contribution in [2.45, 2.75) is 0 Å². The van der Waals surface area contributed by atoms with Crippen LogP contribution in [0, 0.1) is 0 Å². The number of hydrogen-bond donors (Lipinski definition) is 0. The first-order valence-corrected chi connectivity index (χ1v) is 46.1. The van der Waals surface area contributed by atoms with Crippen LogP contribution in [-0.2, 0) is 0 Å². The van der Waals surface area contributed by atoms with Crippen LogP contribution in [-0.4, -0.2) is 27.4 Å². The molecular weight excluding hydrogens is 1650 g/mol. The largest absolute Gasteiger partial charge is 0.456 e. The van der Waals surface area contributed by atoms with Crippen LogP contribution >= 0.6 is 0 Å². The van der Waals surface area contributed by atoms with E-state index >= 15 is 0 Å². The second-order valence-electron chi connectivity index (χ2n) is 35.3. The van der Waals surface area contributed by atoms with Crippen LogP contribution in [0.3, 0.4) is 0 Å². The highest BCUT2D eigenvalue weighted by Gasteiger charge is 2.26. The van der Waals surface area contributed by atoms with Gasteiger partial charge in [-0.25, -0.2) is 0 Å². The maximum atomic E-state index is 6.60. The van der Waals surface area contributed by atoms with Crippen LogP contribution in [0.5, 0.6) is 0 Å². The van der Waals surface area contributed by atoms with Gasteiger partial charge in [0.2, 0.25) is 0 Å². The number of hydrogen-bond acceptors (Lipinski definition) is 3. The summed E-state index contributed by atoms with van der Waals surface area (Å²) in [6, 6.07) is 170. The average Bonchev–Trinajstić information content (AvgIpc) is 1.56. The minimum atomic E-state index is 0.913. The fourth-order valence-corrected chi connectivity index (χ4v) is 22.0. The third-order valence-electron chi connectivity index (χ3n) is 27.9. The van der Waals surface area contributed by atoms with E-state index in [0.717, 1.165) is 93.9 Å². The molecule has 0 N–H and O–H groups in total. The summed E-state index contributed by atoms with van der Waals surface area (Å²) >= 11 is 0. The fraction of sp³-hybridized carbons (Fsp3) is 0. The van der Waals surface area contributed by atoms with Gasteiger partial charge in [-0.2, -0.15) is 0 Å². The molecule has 0 spiro atoms. The first-order valence-electron chi connectivity index (χ1n) is 46.1. The van der Waals surface area contributed by atoms with Gasteiger partial charge in [0.25, 0.3) is 0 Å². The van der Waals surface area contributed by atoms with E-state index in [-0.39, 0.29) is 0 Å². The minimum Gasteiger partial charge on any atom is -0.456 e. The van der Waals surface area contributed by atoms with Gasteiger partial charge >= 0.3 is 0 Å². The van der Waals surface area contributed by atoms with Gasteiger partial charge in [-0.3, -0.25) is 0 Å². The number of benzene rings is 21. The van der Waals surface area contributed by atoms with Gasteiger partial charge in [-0.05, 0) is 252 Å². The zero-order valence-electron chi connectivity index (χ0n) is 72.9. The van der Waals surface area contributed by atoms with Crippen LogP contribution in [0.15, 0.2) is 486 Å². The first-order chi connectivity index (χ1) is 67.0. The lowest BCUT2D eigenvalue weighted by Crippen LogP contribution is -1.93. The Hall–Kier alpha value is -18.2. The summed E-state index contributed by atoms with van der Waals surface area (Å²) in [5.41, 5.74) is 33.9. The molecule has 0 aliphatic carbocycles. The number of rotatable bonds is 9. The molecule has 0 saturated carbocycles. The van der Waals surface area contributed by atoms with Crippen molar-refractivity contribution in [2.24, 2.45) is 0 Å². The third kappa shape index (κ3) is 11.9. The molecule has 9 heterocycles. The molecule has 0 aliphatic heterocycles. The maximum Gasteiger partial charge on any atom is 0.145 e. The molecule has 0 amide bonds. The van der Waals surface area contributed by atoms with E-state index in [9.17, 15) is 0 Å². The van der Waals surface area contributed by atoms with Crippen LogP contribution in [0.4, 0.5) is 0 Å². The van der Waals surface area contributed by atoms with Gasteiger partial charge in [0, 0.05) is 126 Å². The number of furan rings is 3. The first kappa shape index (κ1) is 75.8. The molecule has 21 aromatic carbocycles. The smallest absolute Gasteiger partial charge is 0.145 e. The van der Waals surface area contributed by atoms with E-state index in [1.54, 1.807) is 0 Å². The molecule has 30 aromatic rings. The summed E-state index contributed by atoms with van der Waals surface area (Å²) in [4.78, 5) is 0. The Bertz CT molecular complexity index is 10000. The van der Waals surface area contributed by atoms with Gasteiger partial charge in [-0.15, -0.1) is 0 Å². The summed E-state index contributed by atoms with van der Waals surface area (Å²) in [5, 5.41) is 21.6. The third-order valence-corrected chi connectivity index (χ3v) is 27.9. The Morgan fingerprint density at radius 2 is 0.378 bits per heavy atom. The molecule has 9 nitrogen and oxygen atoms in total. The number of aromatic nitrogens is 6. The number of para-hydroxylation sites is 12. The molecule has 30 rings (SSSR count). The Kier molecular flexibility index (Phi) is 17.0. The fourth-order valence-electron chi connectivity index (χ4n) is 22.0. The Morgan fingerprint density at radius 1 is 0.119 bits per heavy atom. The van der Waals surface area contributed by atoms with Crippen molar-refractivity contribution in [3.05, 3.63) is 473 Å². The number of nitrogens with zero attached hydrogens (tertiary/aromatic N) is 6. The van der Waals surface area contributed by atoms with E-state index in [1.807, 2.05) is 24.3 Å². The van der Waals surface area contributed by atoms with E-state index < -0.39 is 0 Å². The van der Waals surface area contributed by atoms with Gasteiger partial charge in [0.05, 0.1) is 71.6 Å². The lowest BCUT2D eigenvalue weighted by atomic mass is 9.99. The van der Waals surface area contributed by atoms with E-state index in [2.05, 4.69) is 476 Å². The Morgan fingerprint density at radius 3 is 0.785 bits per heavy atom. The second kappa shape index (κ2) is 30.2. The van der Waals surface area contributed by atoms with E-state index in [1.165, 1.54) is 170 Å². The molecule has 0 atom stereocenters. The topological polar surface area (TPSA) is 69.0 Å². The summed E-state index contributed by atoms with van der Waals surface area (Å²) in [6.45, 7) is 0. The van der Waals surface area contributed by atoms with Crippen LogP contribution < -0.4 is 0 Å². The van der Waals surface area contributed by atoms with Crippen molar-refractivity contribution >= 4 is 197 Å². The SMILES string of the molecule is c1ccc(-n2c3ccccc3c3cc(-c4ccc5c(c4)c4c6c(ccc4n5-c4ccccc4)oc4ccccc46)ccc32)cc1.c1ccc(-n2c3ccccc3c3cc(-c4ccc5c(c4)c4c6oc7ccccc7c6ccc4n5-c4ccccc4)ccc32)cc1.c1ccc(-n2c3ccccc3c3cc(-c4ccc5c(c4)c4cc6oc7ccccc7c6cc4n5-c4ccccc4)ccc32)cc1. The van der Waals surface area contributed by atoms with Crippen molar-refractivity contribution in [1.82, 2.24) is 27.4 Å². The predicted molar refractivity (Wildman–Crippen MR) is 564 cm³/mol. The van der Waals surface area contributed by atoms with Gasteiger partial charge in [-0.1, -0.05) is 255 Å². The molecule has 0 aliphatic rings.